The summed E-state index contributed by atoms with van der Waals surface area (Å²) in [6.07, 6.45) is 8.92. The average molecular weight is 224 g/mol. The van der Waals surface area contributed by atoms with Crippen LogP contribution in [0, 0.1) is 5.92 Å². The molecule has 16 heavy (non-hydrogen) atoms. The Morgan fingerprint density at radius 1 is 1.19 bits per heavy atom. The van der Waals surface area contributed by atoms with E-state index in [2.05, 4.69) is 17.6 Å². The molecule has 0 bridgehead atoms. The Morgan fingerprint density at radius 3 is 2.44 bits per heavy atom. The normalized spacial score (nSPS) is 24.1. The van der Waals surface area contributed by atoms with Crippen molar-refractivity contribution < 1.29 is 4.79 Å². The van der Waals surface area contributed by atoms with Crippen LogP contribution in [0.1, 0.15) is 51.9 Å². The standard InChI is InChI=1S/C13H24N2O/c1-10(11-5-4-6-11)14-9-13(16)15-12-7-2-3-8-12/h10-12,14H,2-9H2,1H3,(H,15,16). The van der Waals surface area contributed by atoms with E-state index in [0.717, 1.165) is 5.92 Å². The van der Waals surface area contributed by atoms with Crippen LogP contribution in [-0.4, -0.2) is 24.5 Å². The minimum Gasteiger partial charge on any atom is -0.352 e. The second-order valence-electron chi connectivity index (χ2n) is 5.41. The number of hydrogen-bond acceptors (Lipinski definition) is 2. The van der Waals surface area contributed by atoms with Gasteiger partial charge in [-0.1, -0.05) is 19.3 Å². The highest BCUT2D eigenvalue weighted by atomic mass is 16.1. The molecule has 3 nitrogen and oxygen atoms in total. The van der Waals surface area contributed by atoms with E-state index in [4.69, 9.17) is 0 Å². The summed E-state index contributed by atoms with van der Waals surface area (Å²) in [7, 11) is 0. The second kappa shape index (κ2) is 5.67. The largest absolute Gasteiger partial charge is 0.352 e. The van der Waals surface area contributed by atoms with Gasteiger partial charge in [-0.25, -0.2) is 0 Å². The van der Waals surface area contributed by atoms with E-state index in [0.29, 0.717) is 18.6 Å². The van der Waals surface area contributed by atoms with Crippen molar-refractivity contribution in [1.82, 2.24) is 10.6 Å². The van der Waals surface area contributed by atoms with Gasteiger partial charge < -0.3 is 10.6 Å². The first-order chi connectivity index (χ1) is 7.75. The first kappa shape index (κ1) is 11.9. The molecule has 0 heterocycles. The Labute approximate surface area is 98.4 Å². The molecule has 0 radical (unpaired) electrons. The van der Waals surface area contributed by atoms with E-state index in [1.807, 2.05) is 0 Å². The van der Waals surface area contributed by atoms with Crippen LogP contribution in [0.5, 0.6) is 0 Å². The van der Waals surface area contributed by atoms with Crippen molar-refractivity contribution in [2.75, 3.05) is 6.54 Å². The first-order valence-corrected chi connectivity index (χ1v) is 6.78. The van der Waals surface area contributed by atoms with Crippen molar-refractivity contribution in [3.05, 3.63) is 0 Å². The molecule has 2 rings (SSSR count). The predicted octanol–water partition coefficient (Wildman–Crippen LogP) is 1.82. The Hall–Kier alpha value is -0.570. The molecule has 2 saturated carbocycles. The van der Waals surface area contributed by atoms with Crippen molar-refractivity contribution in [1.29, 1.82) is 0 Å². The topological polar surface area (TPSA) is 41.1 Å². The van der Waals surface area contributed by atoms with Gasteiger partial charge >= 0.3 is 0 Å². The number of carbonyl (C=O) groups is 1. The van der Waals surface area contributed by atoms with Gasteiger partial charge in [-0.15, -0.1) is 0 Å². The van der Waals surface area contributed by atoms with Gasteiger partial charge in [0.2, 0.25) is 5.91 Å². The summed E-state index contributed by atoms with van der Waals surface area (Å²) >= 11 is 0. The summed E-state index contributed by atoms with van der Waals surface area (Å²) in [6.45, 7) is 2.70. The molecule has 0 aromatic heterocycles. The first-order valence-electron chi connectivity index (χ1n) is 6.78. The quantitative estimate of drug-likeness (QED) is 0.748. The van der Waals surface area contributed by atoms with Crippen molar-refractivity contribution in [2.45, 2.75) is 64.0 Å². The number of amides is 1. The molecule has 0 aliphatic heterocycles. The van der Waals surface area contributed by atoms with Crippen molar-refractivity contribution in [3.8, 4) is 0 Å². The van der Waals surface area contributed by atoms with Crippen LogP contribution in [0.4, 0.5) is 0 Å². The second-order valence-corrected chi connectivity index (χ2v) is 5.41. The Morgan fingerprint density at radius 2 is 1.88 bits per heavy atom. The molecular formula is C13H24N2O. The average Bonchev–Trinajstić information content (AvgIpc) is 2.64. The van der Waals surface area contributed by atoms with Crippen LogP contribution in [-0.2, 0) is 4.79 Å². The molecular weight excluding hydrogens is 200 g/mol. The lowest BCUT2D eigenvalue weighted by Gasteiger charge is -2.32. The highest BCUT2D eigenvalue weighted by Crippen LogP contribution is 2.29. The molecule has 92 valence electrons. The predicted molar refractivity (Wildman–Crippen MR) is 65.2 cm³/mol. The van der Waals surface area contributed by atoms with Gasteiger partial charge in [0.05, 0.1) is 6.54 Å². The Bertz CT molecular complexity index is 232. The molecule has 0 aromatic rings. The smallest absolute Gasteiger partial charge is 0.234 e. The Balaban J connectivity index is 1.59. The van der Waals surface area contributed by atoms with Gasteiger partial charge in [-0.05, 0) is 38.5 Å². The molecule has 0 spiro atoms. The van der Waals surface area contributed by atoms with Crippen LogP contribution in [0.25, 0.3) is 0 Å². The maximum Gasteiger partial charge on any atom is 0.234 e. The van der Waals surface area contributed by atoms with Crippen LogP contribution >= 0.6 is 0 Å². The summed E-state index contributed by atoms with van der Waals surface area (Å²) in [5.74, 6) is 0.984. The molecule has 0 aromatic carbocycles. The molecule has 1 amide bonds. The lowest BCUT2D eigenvalue weighted by atomic mass is 9.80. The lowest BCUT2D eigenvalue weighted by Crippen LogP contribution is -2.44. The van der Waals surface area contributed by atoms with Crippen LogP contribution in [0.2, 0.25) is 0 Å². The number of carbonyl (C=O) groups excluding carboxylic acids is 1. The number of nitrogens with one attached hydrogen (secondary N) is 2. The lowest BCUT2D eigenvalue weighted by molar-refractivity contribution is -0.121. The highest BCUT2D eigenvalue weighted by Gasteiger charge is 2.24. The van der Waals surface area contributed by atoms with Gasteiger partial charge in [0.15, 0.2) is 0 Å². The van der Waals surface area contributed by atoms with Crippen LogP contribution in [0.3, 0.4) is 0 Å². The molecule has 2 aliphatic rings. The van der Waals surface area contributed by atoms with E-state index < -0.39 is 0 Å². The van der Waals surface area contributed by atoms with Crippen molar-refractivity contribution in [2.24, 2.45) is 5.92 Å². The molecule has 1 atom stereocenters. The summed E-state index contributed by atoms with van der Waals surface area (Å²) in [5, 5.41) is 6.45. The molecule has 3 heteroatoms. The van der Waals surface area contributed by atoms with Crippen LogP contribution < -0.4 is 10.6 Å². The summed E-state index contributed by atoms with van der Waals surface area (Å²) in [6, 6.07) is 0.955. The minimum atomic E-state index is 0.179. The number of hydrogen-bond donors (Lipinski definition) is 2. The van der Waals surface area contributed by atoms with Gasteiger partial charge in [-0.2, -0.15) is 0 Å². The monoisotopic (exact) mass is 224 g/mol. The van der Waals surface area contributed by atoms with E-state index >= 15 is 0 Å². The van der Waals surface area contributed by atoms with E-state index in [1.54, 1.807) is 0 Å². The molecule has 2 aliphatic carbocycles. The minimum absolute atomic E-state index is 0.179. The molecule has 1 unspecified atom stereocenters. The van der Waals surface area contributed by atoms with E-state index in [-0.39, 0.29) is 5.91 Å². The fourth-order valence-electron chi connectivity index (χ4n) is 2.71. The summed E-state index contributed by atoms with van der Waals surface area (Å²) in [5.41, 5.74) is 0. The highest BCUT2D eigenvalue weighted by molar-refractivity contribution is 5.78. The zero-order valence-electron chi connectivity index (χ0n) is 10.3. The van der Waals surface area contributed by atoms with E-state index in [9.17, 15) is 4.79 Å². The molecule has 2 N–H and O–H groups in total. The zero-order valence-corrected chi connectivity index (χ0v) is 10.3. The van der Waals surface area contributed by atoms with Gasteiger partial charge in [0.1, 0.15) is 0 Å². The summed E-state index contributed by atoms with van der Waals surface area (Å²) < 4.78 is 0. The van der Waals surface area contributed by atoms with Crippen molar-refractivity contribution in [3.63, 3.8) is 0 Å². The van der Waals surface area contributed by atoms with Gasteiger partial charge in [-0.3, -0.25) is 4.79 Å². The zero-order chi connectivity index (χ0) is 11.4. The third kappa shape index (κ3) is 3.21. The van der Waals surface area contributed by atoms with Gasteiger partial charge in [0, 0.05) is 12.1 Å². The third-order valence-corrected chi connectivity index (χ3v) is 4.16. The van der Waals surface area contributed by atoms with Crippen molar-refractivity contribution >= 4 is 5.91 Å². The number of rotatable bonds is 5. The van der Waals surface area contributed by atoms with Crippen LogP contribution in [0.15, 0.2) is 0 Å². The Kier molecular flexibility index (Phi) is 4.22. The summed E-state index contributed by atoms with van der Waals surface area (Å²) in [4.78, 5) is 11.7. The fourth-order valence-corrected chi connectivity index (χ4v) is 2.71. The third-order valence-electron chi connectivity index (χ3n) is 4.16. The van der Waals surface area contributed by atoms with E-state index in [1.165, 1.54) is 44.9 Å². The maximum atomic E-state index is 11.7. The maximum absolute atomic E-state index is 11.7. The fraction of sp³-hybridized carbons (Fsp3) is 0.923. The van der Waals surface area contributed by atoms with Gasteiger partial charge in [0.25, 0.3) is 0 Å². The molecule has 0 saturated heterocycles. The molecule has 2 fully saturated rings. The SMILES string of the molecule is CC(NCC(=O)NC1CCCC1)C1CCC1.